The molecule has 1 heterocycles. The van der Waals surface area contributed by atoms with E-state index in [1.807, 2.05) is 6.07 Å². The molecule has 1 fully saturated rings. The van der Waals surface area contributed by atoms with Crippen LogP contribution in [0.25, 0.3) is 0 Å². The van der Waals surface area contributed by atoms with Crippen molar-refractivity contribution in [2.24, 2.45) is 0 Å². The second kappa shape index (κ2) is 6.75. The van der Waals surface area contributed by atoms with Gasteiger partial charge in [0.2, 0.25) is 0 Å². The summed E-state index contributed by atoms with van der Waals surface area (Å²) in [6, 6.07) is 5.35. The molecule has 3 nitrogen and oxygen atoms in total. The summed E-state index contributed by atoms with van der Waals surface area (Å²) in [5.41, 5.74) is 1.71. The van der Waals surface area contributed by atoms with Gasteiger partial charge in [-0.2, -0.15) is 0 Å². The number of halogens is 1. The molecule has 1 N–H and O–H groups in total. The van der Waals surface area contributed by atoms with E-state index < -0.39 is 0 Å². The van der Waals surface area contributed by atoms with E-state index in [-0.39, 0.29) is 17.5 Å². The molecule has 0 bridgehead atoms. The molecule has 1 unspecified atom stereocenters. The van der Waals surface area contributed by atoms with Crippen molar-refractivity contribution < 1.29 is 9.13 Å². The minimum Gasteiger partial charge on any atom is -0.377 e. The van der Waals surface area contributed by atoms with Crippen molar-refractivity contribution in [2.75, 3.05) is 24.6 Å². The molecule has 2 rings (SSSR count). The predicted molar refractivity (Wildman–Crippen MR) is 85.2 cm³/mol. The molecule has 1 aliphatic heterocycles. The van der Waals surface area contributed by atoms with Crippen LogP contribution in [0.3, 0.4) is 0 Å². The quantitative estimate of drug-likeness (QED) is 0.925. The standard InChI is InChI=1S/C17H27FN2O/c1-13-12-20(9-6-10-21-13)16-8-5-7-15(18)14(16)11-19-17(2,3)4/h5,7-8,13,19H,6,9-12H2,1-4H3. The first-order valence-corrected chi connectivity index (χ1v) is 7.76. The summed E-state index contributed by atoms with van der Waals surface area (Å²) < 4.78 is 20.0. The Morgan fingerprint density at radius 3 is 2.86 bits per heavy atom. The highest BCUT2D eigenvalue weighted by atomic mass is 19.1. The molecule has 4 heteroatoms. The summed E-state index contributed by atoms with van der Waals surface area (Å²) in [6.07, 6.45) is 1.16. The lowest BCUT2D eigenvalue weighted by atomic mass is 10.1. The zero-order valence-electron chi connectivity index (χ0n) is 13.6. The Hall–Kier alpha value is -1.13. The van der Waals surface area contributed by atoms with E-state index in [9.17, 15) is 4.39 Å². The highest BCUT2D eigenvalue weighted by molar-refractivity contribution is 5.54. The summed E-state index contributed by atoms with van der Waals surface area (Å²) in [5.74, 6) is -0.137. The van der Waals surface area contributed by atoms with Crippen LogP contribution in [0, 0.1) is 5.82 Å². The van der Waals surface area contributed by atoms with Crippen LogP contribution in [0.5, 0.6) is 0 Å². The van der Waals surface area contributed by atoms with E-state index >= 15 is 0 Å². The molecular weight excluding hydrogens is 267 g/mol. The van der Waals surface area contributed by atoms with Crippen molar-refractivity contribution in [3.63, 3.8) is 0 Å². The Morgan fingerprint density at radius 2 is 2.14 bits per heavy atom. The summed E-state index contributed by atoms with van der Waals surface area (Å²) in [4.78, 5) is 2.25. The molecule has 1 aromatic rings. The summed E-state index contributed by atoms with van der Waals surface area (Å²) in [7, 11) is 0. The number of hydrogen-bond donors (Lipinski definition) is 1. The largest absolute Gasteiger partial charge is 0.377 e. The lowest BCUT2D eigenvalue weighted by Crippen LogP contribution is -2.37. The van der Waals surface area contributed by atoms with Gasteiger partial charge in [-0.15, -0.1) is 0 Å². The first-order chi connectivity index (χ1) is 9.87. The van der Waals surface area contributed by atoms with E-state index in [2.05, 4.69) is 37.9 Å². The third kappa shape index (κ3) is 4.68. The van der Waals surface area contributed by atoms with Crippen molar-refractivity contribution in [1.29, 1.82) is 0 Å². The highest BCUT2D eigenvalue weighted by Crippen LogP contribution is 2.25. The smallest absolute Gasteiger partial charge is 0.129 e. The maximum Gasteiger partial charge on any atom is 0.129 e. The molecule has 21 heavy (non-hydrogen) atoms. The van der Waals surface area contributed by atoms with Crippen LogP contribution in [-0.2, 0) is 11.3 Å². The van der Waals surface area contributed by atoms with Crippen molar-refractivity contribution >= 4 is 5.69 Å². The van der Waals surface area contributed by atoms with Gasteiger partial charge in [0.1, 0.15) is 5.82 Å². The average molecular weight is 294 g/mol. The van der Waals surface area contributed by atoms with Crippen LogP contribution >= 0.6 is 0 Å². The van der Waals surface area contributed by atoms with Crippen LogP contribution in [0.4, 0.5) is 10.1 Å². The maximum absolute atomic E-state index is 14.3. The van der Waals surface area contributed by atoms with Crippen LogP contribution in [0.2, 0.25) is 0 Å². The Bertz CT molecular complexity index is 470. The van der Waals surface area contributed by atoms with Crippen LogP contribution < -0.4 is 10.2 Å². The molecule has 0 spiro atoms. The normalized spacial score (nSPS) is 20.4. The second-order valence-corrected chi connectivity index (χ2v) is 6.82. The van der Waals surface area contributed by atoms with Crippen LogP contribution in [-0.4, -0.2) is 31.3 Å². The number of nitrogens with zero attached hydrogens (tertiary/aromatic N) is 1. The molecule has 0 radical (unpaired) electrons. The second-order valence-electron chi connectivity index (χ2n) is 6.82. The fourth-order valence-corrected chi connectivity index (χ4v) is 2.59. The molecule has 0 amide bonds. The van der Waals surface area contributed by atoms with Gasteiger partial charge in [0.15, 0.2) is 0 Å². The van der Waals surface area contributed by atoms with Crippen LogP contribution in [0.15, 0.2) is 18.2 Å². The molecule has 118 valence electrons. The van der Waals surface area contributed by atoms with Gasteiger partial charge >= 0.3 is 0 Å². The molecule has 1 aromatic carbocycles. The first kappa shape index (κ1) is 16.2. The van der Waals surface area contributed by atoms with E-state index in [0.29, 0.717) is 6.54 Å². The number of anilines is 1. The van der Waals surface area contributed by atoms with Gasteiger partial charge in [0.05, 0.1) is 6.10 Å². The Morgan fingerprint density at radius 1 is 1.38 bits per heavy atom. The van der Waals surface area contributed by atoms with E-state index in [1.165, 1.54) is 0 Å². The van der Waals surface area contributed by atoms with Gasteiger partial charge in [-0.25, -0.2) is 4.39 Å². The molecule has 0 saturated carbocycles. The SMILES string of the molecule is CC1CN(c2cccc(F)c2CNC(C)(C)C)CCCO1. The third-order valence-corrected chi connectivity index (χ3v) is 3.68. The lowest BCUT2D eigenvalue weighted by molar-refractivity contribution is 0.0820. The topological polar surface area (TPSA) is 24.5 Å². The summed E-state index contributed by atoms with van der Waals surface area (Å²) in [5, 5.41) is 3.39. The van der Waals surface area contributed by atoms with Gasteiger partial charge < -0.3 is 15.0 Å². The number of benzene rings is 1. The molecule has 1 saturated heterocycles. The van der Waals surface area contributed by atoms with Crippen molar-refractivity contribution in [1.82, 2.24) is 5.32 Å². The molecule has 1 atom stereocenters. The number of nitrogens with one attached hydrogen (secondary N) is 1. The number of hydrogen-bond acceptors (Lipinski definition) is 3. The first-order valence-electron chi connectivity index (χ1n) is 7.76. The minimum atomic E-state index is -0.137. The third-order valence-electron chi connectivity index (χ3n) is 3.68. The van der Waals surface area contributed by atoms with Gasteiger partial charge in [-0.3, -0.25) is 0 Å². The van der Waals surface area contributed by atoms with Gasteiger partial charge in [-0.1, -0.05) is 6.07 Å². The maximum atomic E-state index is 14.3. The summed E-state index contributed by atoms with van der Waals surface area (Å²) >= 11 is 0. The van der Waals surface area contributed by atoms with Crippen molar-refractivity contribution in [3.8, 4) is 0 Å². The molecule has 0 aromatic heterocycles. The van der Waals surface area contributed by atoms with Crippen molar-refractivity contribution in [3.05, 3.63) is 29.6 Å². The number of rotatable bonds is 3. The molecule has 1 aliphatic rings. The molecule has 0 aliphatic carbocycles. The summed E-state index contributed by atoms with van der Waals surface area (Å²) in [6.45, 7) is 11.4. The Kier molecular flexibility index (Phi) is 5.22. The Labute approximate surface area is 127 Å². The predicted octanol–water partition coefficient (Wildman–Crippen LogP) is 3.33. The minimum absolute atomic E-state index is 0.0330. The highest BCUT2D eigenvalue weighted by Gasteiger charge is 2.20. The van der Waals surface area contributed by atoms with Crippen LogP contribution in [0.1, 0.15) is 39.7 Å². The van der Waals surface area contributed by atoms with E-state index in [4.69, 9.17) is 4.74 Å². The molecular formula is C17H27FN2O. The number of ether oxygens (including phenoxy) is 1. The zero-order valence-corrected chi connectivity index (χ0v) is 13.6. The van der Waals surface area contributed by atoms with Gasteiger partial charge in [0.25, 0.3) is 0 Å². The fourth-order valence-electron chi connectivity index (χ4n) is 2.59. The van der Waals surface area contributed by atoms with E-state index in [0.717, 1.165) is 37.4 Å². The zero-order chi connectivity index (χ0) is 15.5. The lowest BCUT2D eigenvalue weighted by Gasteiger charge is -2.28. The van der Waals surface area contributed by atoms with Crippen molar-refractivity contribution in [2.45, 2.75) is 52.3 Å². The fraction of sp³-hybridized carbons (Fsp3) is 0.647. The monoisotopic (exact) mass is 294 g/mol. The van der Waals surface area contributed by atoms with Gasteiger partial charge in [0, 0.05) is 43.0 Å². The van der Waals surface area contributed by atoms with Gasteiger partial charge in [-0.05, 0) is 46.2 Å². The Balaban J connectivity index is 2.23. The van der Waals surface area contributed by atoms with E-state index in [1.54, 1.807) is 12.1 Å². The average Bonchev–Trinajstić information content (AvgIpc) is 2.60.